The first-order valence-corrected chi connectivity index (χ1v) is 5.54. The second-order valence-electron chi connectivity index (χ2n) is 2.98. The monoisotopic (exact) mass is 247 g/mol. The largest absolute Gasteiger partial charge is 0.281 e. The van der Waals surface area contributed by atoms with Gasteiger partial charge in [-0.1, -0.05) is 0 Å². The summed E-state index contributed by atoms with van der Waals surface area (Å²) in [5.74, 6) is 0. The molecule has 0 saturated heterocycles. The predicted octanol–water partition coefficient (Wildman–Crippen LogP) is 0.847. The van der Waals surface area contributed by atoms with Crippen molar-refractivity contribution in [2.75, 3.05) is 0 Å². The molecule has 0 saturated carbocycles. The van der Waals surface area contributed by atoms with E-state index in [2.05, 4.69) is 4.98 Å². The van der Waals surface area contributed by atoms with Gasteiger partial charge >= 0.3 is 0 Å². The summed E-state index contributed by atoms with van der Waals surface area (Å²) in [6.45, 7) is 1.34. The first-order valence-electron chi connectivity index (χ1n) is 4.00. The molecule has 8 heteroatoms. The Morgan fingerprint density at radius 3 is 2.50 bits per heavy atom. The first kappa shape index (κ1) is 12.5. The van der Waals surface area contributed by atoms with E-state index in [1.54, 1.807) is 0 Å². The third kappa shape index (κ3) is 2.32. The fourth-order valence-electron chi connectivity index (χ4n) is 1.16. The van der Waals surface area contributed by atoms with E-state index in [4.69, 9.17) is 10.4 Å². The van der Waals surface area contributed by atoms with Gasteiger partial charge in [-0.2, -0.15) is 5.26 Å². The lowest BCUT2D eigenvalue weighted by Crippen LogP contribution is -2.16. The number of aromatic nitrogens is 1. The fourth-order valence-corrected chi connectivity index (χ4v) is 1.93. The summed E-state index contributed by atoms with van der Waals surface area (Å²) < 4.78 is 47.2. The highest BCUT2D eigenvalue weighted by atomic mass is 32.2. The zero-order valence-electron chi connectivity index (χ0n) is 8.11. The Balaban J connectivity index is 3.71. The zero-order valence-corrected chi connectivity index (χ0v) is 8.92. The smallest absolute Gasteiger partial charge is 0.251 e. The van der Waals surface area contributed by atoms with Crippen molar-refractivity contribution in [3.8, 4) is 6.07 Å². The van der Waals surface area contributed by atoms with Crippen LogP contribution in [0.5, 0.6) is 0 Å². The highest BCUT2D eigenvalue weighted by molar-refractivity contribution is 7.89. The van der Waals surface area contributed by atoms with Crippen molar-refractivity contribution in [1.29, 1.82) is 5.26 Å². The molecule has 0 spiro atoms. The molecule has 1 heterocycles. The van der Waals surface area contributed by atoms with Crippen LogP contribution in [-0.4, -0.2) is 13.4 Å². The van der Waals surface area contributed by atoms with Crippen LogP contribution >= 0.6 is 0 Å². The average Bonchev–Trinajstić information content (AvgIpc) is 2.14. The topological polar surface area (TPSA) is 96.8 Å². The number of nitrogens with two attached hydrogens (primary N) is 1. The normalized spacial score (nSPS) is 11.5. The molecule has 0 atom stereocenters. The number of aryl methyl sites for hydroxylation is 1. The third-order valence-corrected chi connectivity index (χ3v) is 2.70. The second-order valence-corrected chi connectivity index (χ2v) is 4.51. The summed E-state index contributed by atoms with van der Waals surface area (Å²) >= 11 is 0. The summed E-state index contributed by atoms with van der Waals surface area (Å²) in [5, 5.41) is 13.5. The van der Waals surface area contributed by atoms with Crippen LogP contribution in [0.1, 0.15) is 23.4 Å². The molecule has 1 aromatic rings. The van der Waals surface area contributed by atoms with Crippen LogP contribution < -0.4 is 5.14 Å². The molecule has 5 nitrogen and oxygen atoms in total. The van der Waals surface area contributed by atoms with Gasteiger partial charge in [0.2, 0.25) is 10.0 Å². The molecule has 1 rings (SSSR count). The molecular formula is C8H7F2N3O2S. The minimum absolute atomic E-state index is 0.0540. The van der Waals surface area contributed by atoms with Crippen LogP contribution in [0.2, 0.25) is 0 Å². The Bertz CT molecular complexity index is 563. The summed E-state index contributed by atoms with van der Waals surface area (Å²) in [7, 11) is -4.22. The molecule has 0 amide bonds. The number of nitriles is 1. The predicted molar refractivity (Wildman–Crippen MR) is 50.0 cm³/mol. The lowest BCUT2D eigenvalue weighted by molar-refractivity contribution is 0.145. The minimum Gasteiger partial charge on any atom is -0.251 e. The summed E-state index contributed by atoms with van der Waals surface area (Å²) in [6, 6.07) is 2.36. The number of pyridine rings is 1. The molecule has 86 valence electrons. The average molecular weight is 247 g/mol. The van der Waals surface area contributed by atoms with E-state index >= 15 is 0 Å². The maximum atomic E-state index is 12.5. The second kappa shape index (κ2) is 4.11. The van der Waals surface area contributed by atoms with Crippen molar-refractivity contribution in [3.05, 3.63) is 23.0 Å². The van der Waals surface area contributed by atoms with E-state index in [0.29, 0.717) is 0 Å². The van der Waals surface area contributed by atoms with Crippen LogP contribution in [0.25, 0.3) is 0 Å². The van der Waals surface area contributed by atoms with Gasteiger partial charge in [0.15, 0.2) is 0 Å². The highest BCUT2D eigenvalue weighted by Crippen LogP contribution is 2.25. The van der Waals surface area contributed by atoms with Gasteiger partial charge in [-0.05, 0) is 13.0 Å². The maximum Gasteiger partial charge on any atom is 0.281 e. The Hall–Kier alpha value is -1.59. The first-order chi connectivity index (χ1) is 7.27. The van der Waals surface area contributed by atoms with Gasteiger partial charge in [0.05, 0.1) is 5.56 Å². The Labute approximate surface area is 90.6 Å². The van der Waals surface area contributed by atoms with E-state index in [1.165, 1.54) is 13.0 Å². The Morgan fingerprint density at radius 1 is 1.56 bits per heavy atom. The molecule has 0 aliphatic rings. The van der Waals surface area contributed by atoms with Crippen LogP contribution in [0, 0.1) is 18.3 Å². The number of sulfonamides is 1. The van der Waals surface area contributed by atoms with Crippen molar-refractivity contribution in [3.63, 3.8) is 0 Å². The molecule has 0 aromatic carbocycles. The number of primary sulfonamides is 1. The van der Waals surface area contributed by atoms with Crippen LogP contribution in [0.3, 0.4) is 0 Å². The number of hydrogen-bond acceptors (Lipinski definition) is 4. The minimum atomic E-state index is -4.22. The van der Waals surface area contributed by atoms with Crippen molar-refractivity contribution < 1.29 is 17.2 Å². The van der Waals surface area contributed by atoms with Crippen molar-refractivity contribution in [2.24, 2.45) is 5.14 Å². The highest BCUT2D eigenvalue weighted by Gasteiger charge is 2.24. The van der Waals surface area contributed by atoms with Crippen LogP contribution in [-0.2, 0) is 10.0 Å². The van der Waals surface area contributed by atoms with E-state index in [1.807, 2.05) is 0 Å². The quantitative estimate of drug-likeness (QED) is 0.837. The van der Waals surface area contributed by atoms with Crippen molar-refractivity contribution in [1.82, 2.24) is 4.98 Å². The molecule has 1 aromatic heterocycles. The van der Waals surface area contributed by atoms with E-state index in [-0.39, 0.29) is 5.69 Å². The van der Waals surface area contributed by atoms with E-state index in [9.17, 15) is 17.2 Å². The van der Waals surface area contributed by atoms with Gasteiger partial charge in [0.25, 0.3) is 6.43 Å². The van der Waals surface area contributed by atoms with Gasteiger partial charge < -0.3 is 0 Å². The lowest BCUT2D eigenvalue weighted by Gasteiger charge is -2.07. The van der Waals surface area contributed by atoms with Crippen molar-refractivity contribution >= 4 is 10.0 Å². The Morgan fingerprint density at radius 2 is 2.12 bits per heavy atom. The number of nitrogens with zero attached hydrogens (tertiary/aromatic N) is 2. The number of hydrogen-bond donors (Lipinski definition) is 1. The van der Waals surface area contributed by atoms with Crippen LogP contribution in [0.15, 0.2) is 11.0 Å². The zero-order chi connectivity index (χ0) is 12.5. The van der Waals surface area contributed by atoms with Crippen LogP contribution in [0.4, 0.5) is 8.78 Å². The molecule has 0 aliphatic heterocycles. The molecule has 16 heavy (non-hydrogen) atoms. The van der Waals surface area contributed by atoms with Gasteiger partial charge in [0, 0.05) is 5.69 Å². The standard InChI is InChI=1S/C8H7F2N3O2S/c1-4-2-6(16(12,14)15)5(3-11)7(13-4)8(9)10/h2,8H,1H3,(H2,12,14,15). The third-order valence-electron chi connectivity index (χ3n) is 1.76. The molecular weight excluding hydrogens is 240 g/mol. The Kier molecular flexibility index (Phi) is 3.21. The van der Waals surface area contributed by atoms with E-state index < -0.39 is 32.6 Å². The molecule has 0 radical (unpaired) electrons. The molecule has 0 unspecified atom stereocenters. The number of alkyl halides is 2. The summed E-state index contributed by atoms with van der Waals surface area (Å²) in [4.78, 5) is 2.80. The van der Waals surface area contributed by atoms with Gasteiger partial charge in [-0.15, -0.1) is 0 Å². The van der Waals surface area contributed by atoms with Gasteiger partial charge in [-0.25, -0.2) is 22.3 Å². The maximum absolute atomic E-state index is 12.5. The summed E-state index contributed by atoms with van der Waals surface area (Å²) in [6.07, 6.45) is -3.03. The number of rotatable bonds is 2. The fraction of sp³-hybridized carbons (Fsp3) is 0.250. The summed E-state index contributed by atoms with van der Waals surface area (Å²) in [5.41, 5.74) is -1.52. The van der Waals surface area contributed by atoms with Crippen molar-refractivity contribution in [2.45, 2.75) is 18.2 Å². The molecule has 0 fully saturated rings. The SMILES string of the molecule is Cc1cc(S(N)(=O)=O)c(C#N)c(C(F)F)n1. The molecule has 0 bridgehead atoms. The molecule has 2 N–H and O–H groups in total. The van der Waals surface area contributed by atoms with Gasteiger partial charge in [0.1, 0.15) is 16.7 Å². The van der Waals surface area contributed by atoms with E-state index in [0.717, 1.165) is 6.07 Å². The van der Waals surface area contributed by atoms with Gasteiger partial charge in [-0.3, -0.25) is 4.98 Å². The lowest BCUT2D eigenvalue weighted by atomic mass is 10.2. The number of halogens is 2. The molecule has 0 aliphatic carbocycles.